The number of benzene rings is 1. The highest BCUT2D eigenvalue weighted by Crippen LogP contribution is 2.25. The Hall–Kier alpha value is -2.36. The minimum absolute atomic E-state index is 0.0310. The summed E-state index contributed by atoms with van der Waals surface area (Å²) in [6, 6.07) is 9.01. The molecule has 0 aliphatic heterocycles. The lowest BCUT2D eigenvalue weighted by molar-refractivity contribution is 0.0690. The van der Waals surface area contributed by atoms with Gasteiger partial charge in [0.15, 0.2) is 0 Å². The van der Waals surface area contributed by atoms with Gasteiger partial charge in [-0.3, -0.25) is 0 Å². The van der Waals surface area contributed by atoms with Gasteiger partial charge in [-0.05, 0) is 44.0 Å². The van der Waals surface area contributed by atoms with Gasteiger partial charge in [-0.25, -0.2) is 9.78 Å². The summed E-state index contributed by atoms with van der Waals surface area (Å²) in [5.74, 6) is -0.201. The first-order valence-electron chi connectivity index (χ1n) is 6.37. The van der Waals surface area contributed by atoms with Crippen LogP contribution in [-0.2, 0) is 6.61 Å². The van der Waals surface area contributed by atoms with Crippen LogP contribution in [0.4, 0.5) is 0 Å². The largest absolute Gasteiger partial charge is 0.487 e. The van der Waals surface area contributed by atoms with Crippen molar-refractivity contribution >= 4 is 5.97 Å². The topological polar surface area (TPSA) is 59.4 Å². The molecule has 0 fully saturated rings. The molecule has 104 valence electrons. The number of carboxylic acids is 1. The summed E-state index contributed by atoms with van der Waals surface area (Å²) in [7, 11) is 0. The third kappa shape index (κ3) is 3.15. The van der Waals surface area contributed by atoms with Crippen LogP contribution >= 0.6 is 0 Å². The first kappa shape index (κ1) is 14.1. The average molecular weight is 271 g/mol. The maximum Gasteiger partial charge on any atom is 0.354 e. The molecule has 0 aliphatic rings. The molecule has 2 aromatic rings. The lowest BCUT2D eigenvalue weighted by Gasteiger charge is -2.13. The summed E-state index contributed by atoms with van der Waals surface area (Å²) in [5, 5.41) is 8.91. The average Bonchev–Trinajstić information content (AvgIpc) is 2.37. The normalized spacial score (nSPS) is 10.3. The van der Waals surface area contributed by atoms with Gasteiger partial charge in [0.05, 0.1) is 5.69 Å². The first-order valence-corrected chi connectivity index (χ1v) is 6.37. The fourth-order valence-corrected chi connectivity index (χ4v) is 2.22. The van der Waals surface area contributed by atoms with Crippen LogP contribution in [0.15, 0.2) is 30.3 Å². The Balaban J connectivity index is 2.17. The van der Waals surface area contributed by atoms with Crippen LogP contribution in [0.2, 0.25) is 0 Å². The third-order valence-corrected chi connectivity index (χ3v) is 2.99. The minimum Gasteiger partial charge on any atom is -0.487 e. The fraction of sp³-hybridized carbons (Fsp3) is 0.250. The van der Waals surface area contributed by atoms with Crippen LogP contribution in [-0.4, -0.2) is 16.1 Å². The van der Waals surface area contributed by atoms with Crippen LogP contribution in [0.3, 0.4) is 0 Å². The van der Waals surface area contributed by atoms with Crippen LogP contribution in [0, 0.1) is 20.8 Å². The van der Waals surface area contributed by atoms with E-state index in [9.17, 15) is 4.79 Å². The molecule has 0 amide bonds. The van der Waals surface area contributed by atoms with Crippen molar-refractivity contribution in [2.24, 2.45) is 0 Å². The molecule has 0 saturated heterocycles. The van der Waals surface area contributed by atoms with Crippen molar-refractivity contribution in [2.75, 3.05) is 0 Å². The molecular weight excluding hydrogens is 254 g/mol. The van der Waals surface area contributed by atoms with E-state index < -0.39 is 5.97 Å². The number of carbonyl (C=O) groups is 1. The Morgan fingerprint density at radius 1 is 1.20 bits per heavy atom. The van der Waals surface area contributed by atoms with Gasteiger partial charge in [-0.15, -0.1) is 0 Å². The van der Waals surface area contributed by atoms with Gasteiger partial charge in [-0.2, -0.15) is 0 Å². The molecule has 0 atom stereocenters. The molecule has 0 radical (unpaired) electrons. The number of rotatable bonds is 4. The second-order valence-corrected chi connectivity index (χ2v) is 4.84. The third-order valence-electron chi connectivity index (χ3n) is 2.99. The molecule has 2 rings (SSSR count). The molecular formula is C16H17NO3. The standard InChI is InChI=1S/C16H17NO3/c1-10-7-11(2)15(12(3)8-10)20-9-13-5-4-6-14(17-13)16(18)19/h4-8H,9H2,1-3H3,(H,18,19). The van der Waals surface area contributed by atoms with E-state index in [1.54, 1.807) is 12.1 Å². The van der Waals surface area contributed by atoms with E-state index >= 15 is 0 Å². The van der Waals surface area contributed by atoms with Gasteiger partial charge in [0.1, 0.15) is 18.1 Å². The fourth-order valence-electron chi connectivity index (χ4n) is 2.22. The Morgan fingerprint density at radius 3 is 2.45 bits per heavy atom. The molecule has 1 heterocycles. The van der Waals surface area contributed by atoms with Crippen LogP contribution in [0.1, 0.15) is 32.9 Å². The Bertz CT molecular complexity index is 627. The van der Waals surface area contributed by atoms with Gasteiger partial charge in [0.25, 0.3) is 0 Å². The highest BCUT2D eigenvalue weighted by atomic mass is 16.5. The summed E-state index contributed by atoms with van der Waals surface area (Å²) >= 11 is 0. The Morgan fingerprint density at radius 2 is 1.85 bits per heavy atom. The number of aryl methyl sites for hydroxylation is 3. The second kappa shape index (κ2) is 5.74. The molecule has 20 heavy (non-hydrogen) atoms. The number of carboxylic acid groups (broad SMARTS) is 1. The van der Waals surface area contributed by atoms with Crippen molar-refractivity contribution in [3.8, 4) is 5.75 Å². The number of pyridine rings is 1. The van der Waals surface area contributed by atoms with Gasteiger partial charge in [-0.1, -0.05) is 23.8 Å². The highest BCUT2D eigenvalue weighted by Gasteiger charge is 2.08. The second-order valence-electron chi connectivity index (χ2n) is 4.84. The van der Waals surface area contributed by atoms with Crippen molar-refractivity contribution in [3.63, 3.8) is 0 Å². The van der Waals surface area contributed by atoms with Crippen LogP contribution in [0.5, 0.6) is 5.75 Å². The number of aromatic carboxylic acids is 1. The van der Waals surface area contributed by atoms with Crippen molar-refractivity contribution in [2.45, 2.75) is 27.4 Å². The molecule has 0 bridgehead atoms. The van der Waals surface area contributed by atoms with Crippen molar-refractivity contribution in [1.82, 2.24) is 4.98 Å². The number of ether oxygens (including phenoxy) is 1. The van der Waals surface area contributed by atoms with E-state index in [0.717, 1.165) is 16.9 Å². The molecule has 1 aromatic carbocycles. The Kier molecular flexibility index (Phi) is 4.03. The number of hydrogen-bond donors (Lipinski definition) is 1. The van der Waals surface area contributed by atoms with Gasteiger partial charge in [0, 0.05) is 0 Å². The van der Waals surface area contributed by atoms with Crippen molar-refractivity contribution in [3.05, 3.63) is 58.4 Å². The van der Waals surface area contributed by atoms with Crippen LogP contribution < -0.4 is 4.74 Å². The molecule has 1 N–H and O–H groups in total. The number of nitrogens with zero attached hydrogens (tertiary/aromatic N) is 1. The lowest BCUT2D eigenvalue weighted by atomic mass is 10.1. The molecule has 0 aliphatic carbocycles. The minimum atomic E-state index is -1.03. The molecule has 0 spiro atoms. The molecule has 0 unspecified atom stereocenters. The summed E-state index contributed by atoms with van der Waals surface area (Å²) in [6.45, 7) is 6.29. The molecule has 1 aromatic heterocycles. The van der Waals surface area contributed by atoms with E-state index in [2.05, 4.69) is 17.1 Å². The smallest absolute Gasteiger partial charge is 0.354 e. The number of aromatic nitrogens is 1. The summed E-state index contributed by atoms with van der Waals surface area (Å²) in [6.07, 6.45) is 0. The summed E-state index contributed by atoms with van der Waals surface area (Å²) in [5.41, 5.74) is 3.96. The SMILES string of the molecule is Cc1cc(C)c(OCc2cccc(C(=O)O)n2)c(C)c1. The monoisotopic (exact) mass is 271 g/mol. The predicted molar refractivity (Wildman–Crippen MR) is 76.2 cm³/mol. The van der Waals surface area contributed by atoms with Gasteiger partial charge in [0.2, 0.25) is 0 Å². The lowest BCUT2D eigenvalue weighted by Crippen LogP contribution is -2.06. The van der Waals surface area contributed by atoms with E-state index in [4.69, 9.17) is 9.84 Å². The zero-order valence-corrected chi connectivity index (χ0v) is 11.8. The first-order chi connectivity index (χ1) is 9.47. The number of hydrogen-bond acceptors (Lipinski definition) is 3. The van der Waals surface area contributed by atoms with Gasteiger partial charge >= 0.3 is 5.97 Å². The van der Waals surface area contributed by atoms with E-state index in [1.165, 1.54) is 11.6 Å². The maximum absolute atomic E-state index is 10.9. The quantitative estimate of drug-likeness (QED) is 0.927. The van der Waals surface area contributed by atoms with Crippen LogP contribution in [0.25, 0.3) is 0 Å². The summed E-state index contributed by atoms with van der Waals surface area (Å²) < 4.78 is 5.79. The predicted octanol–water partition coefficient (Wildman–Crippen LogP) is 3.28. The molecule has 0 saturated carbocycles. The van der Waals surface area contributed by atoms with E-state index in [-0.39, 0.29) is 12.3 Å². The van der Waals surface area contributed by atoms with Crippen molar-refractivity contribution < 1.29 is 14.6 Å². The molecule has 4 nitrogen and oxygen atoms in total. The maximum atomic E-state index is 10.9. The Labute approximate surface area is 118 Å². The summed E-state index contributed by atoms with van der Waals surface area (Å²) in [4.78, 5) is 14.9. The van der Waals surface area contributed by atoms with Gasteiger partial charge < -0.3 is 9.84 Å². The zero-order valence-electron chi connectivity index (χ0n) is 11.8. The van der Waals surface area contributed by atoms with E-state index in [0.29, 0.717) is 5.69 Å². The highest BCUT2D eigenvalue weighted by molar-refractivity contribution is 5.85. The van der Waals surface area contributed by atoms with E-state index in [1.807, 2.05) is 20.8 Å². The van der Waals surface area contributed by atoms with Crippen molar-refractivity contribution in [1.29, 1.82) is 0 Å². The zero-order chi connectivity index (χ0) is 14.7. The molecule has 4 heteroatoms.